The summed E-state index contributed by atoms with van der Waals surface area (Å²) in [6.45, 7) is 0. The molecule has 1 aliphatic rings. The lowest BCUT2D eigenvalue weighted by atomic mass is 10.0. The molecule has 6 heteroatoms. The van der Waals surface area contributed by atoms with Crippen LogP contribution in [0.1, 0.15) is 6.42 Å². The predicted octanol–water partition coefficient (Wildman–Crippen LogP) is 2.30. The summed E-state index contributed by atoms with van der Waals surface area (Å²) in [7, 11) is 1.62. The van der Waals surface area contributed by atoms with Gasteiger partial charge in [-0.05, 0) is 30.4 Å². The van der Waals surface area contributed by atoms with Crippen LogP contribution in [0.15, 0.2) is 29.2 Å². The highest BCUT2D eigenvalue weighted by Crippen LogP contribution is 2.28. The van der Waals surface area contributed by atoms with Crippen LogP contribution in [0.25, 0.3) is 0 Å². The zero-order valence-electron chi connectivity index (χ0n) is 11.2. The first kappa shape index (κ1) is 15.1. The van der Waals surface area contributed by atoms with Gasteiger partial charge >= 0.3 is 0 Å². The third kappa shape index (κ3) is 3.84. The van der Waals surface area contributed by atoms with Gasteiger partial charge in [-0.25, -0.2) is 0 Å². The Hall–Kier alpha value is -1.32. The molecule has 1 unspecified atom stereocenters. The van der Waals surface area contributed by atoms with Crippen LogP contribution in [0.5, 0.6) is 5.75 Å². The maximum Gasteiger partial charge on any atom is 0.231 e. The molecule has 0 aliphatic carbocycles. The molecule has 4 nitrogen and oxygen atoms in total. The van der Waals surface area contributed by atoms with E-state index >= 15 is 0 Å². The minimum Gasteiger partial charge on any atom is -0.497 e. The Bertz CT molecular complexity index is 522. The Balaban J connectivity index is 1.87. The molecule has 0 saturated carbocycles. The van der Waals surface area contributed by atoms with Crippen molar-refractivity contribution in [2.45, 2.75) is 16.9 Å². The van der Waals surface area contributed by atoms with Crippen LogP contribution >= 0.6 is 23.5 Å². The summed E-state index contributed by atoms with van der Waals surface area (Å²) in [6, 6.07) is 9.83. The number of thioether (sulfide) groups is 2. The maximum atomic E-state index is 12.0. The highest BCUT2D eigenvalue weighted by Gasteiger charge is 2.35. The van der Waals surface area contributed by atoms with Gasteiger partial charge in [-0.2, -0.15) is 17.0 Å². The molecule has 1 aromatic rings. The van der Waals surface area contributed by atoms with Crippen molar-refractivity contribution in [2.24, 2.45) is 0 Å². The predicted molar refractivity (Wildman–Crippen MR) is 82.1 cm³/mol. The molecule has 2 rings (SSSR count). The van der Waals surface area contributed by atoms with E-state index in [1.54, 1.807) is 18.9 Å². The Morgan fingerprint density at radius 2 is 2.50 bits per heavy atom. The molecule has 1 fully saturated rings. The quantitative estimate of drug-likeness (QED) is 0.846. The van der Waals surface area contributed by atoms with E-state index in [0.717, 1.165) is 22.8 Å². The summed E-state index contributed by atoms with van der Waals surface area (Å²) in [5.74, 6) is 2.59. The molecule has 1 saturated heterocycles. The molecule has 0 radical (unpaired) electrons. The van der Waals surface area contributed by atoms with Gasteiger partial charge in [0.15, 0.2) is 0 Å². The number of nitrogens with one attached hydrogen (secondary N) is 1. The first-order valence-corrected chi connectivity index (χ1v) is 8.38. The van der Waals surface area contributed by atoms with Crippen LogP contribution in [0.4, 0.5) is 0 Å². The fraction of sp³-hybridized carbons (Fsp3) is 0.429. The largest absolute Gasteiger partial charge is 0.497 e. The van der Waals surface area contributed by atoms with E-state index in [9.17, 15) is 10.1 Å². The van der Waals surface area contributed by atoms with Crippen molar-refractivity contribution in [3.05, 3.63) is 24.3 Å². The normalized spacial score (nSPS) is 21.2. The lowest BCUT2D eigenvalue weighted by Crippen LogP contribution is -2.48. The Morgan fingerprint density at radius 3 is 3.15 bits per heavy atom. The van der Waals surface area contributed by atoms with Crippen molar-refractivity contribution < 1.29 is 9.53 Å². The highest BCUT2D eigenvalue weighted by atomic mass is 32.2. The third-order valence-electron chi connectivity index (χ3n) is 3.03. The number of methoxy groups -OCH3 is 1. The van der Waals surface area contributed by atoms with Gasteiger partial charge in [-0.3, -0.25) is 4.79 Å². The van der Waals surface area contributed by atoms with Crippen molar-refractivity contribution in [3.8, 4) is 11.8 Å². The van der Waals surface area contributed by atoms with Crippen molar-refractivity contribution in [2.75, 3.05) is 24.4 Å². The van der Waals surface area contributed by atoms with Crippen LogP contribution in [0.2, 0.25) is 0 Å². The molecule has 1 amide bonds. The van der Waals surface area contributed by atoms with E-state index in [2.05, 4.69) is 11.4 Å². The number of hydrogen-bond acceptors (Lipinski definition) is 5. The average molecular weight is 308 g/mol. The summed E-state index contributed by atoms with van der Waals surface area (Å²) >= 11 is 3.15. The molecule has 0 aromatic heterocycles. The standard InChI is InChI=1S/C14H16N2O2S2/c1-18-11-3-2-4-12(7-11)20-8-13(17)16-14(9-15)5-6-19-10-14/h2-4,7H,5-6,8,10H2,1H3,(H,16,17). The summed E-state index contributed by atoms with van der Waals surface area (Å²) in [6.07, 6.45) is 0.726. The number of rotatable bonds is 5. The van der Waals surface area contributed by atoms with Crippen LogP contribution in [-0.4, -0.2) is 35.8 Å². The molecular weight excluding hydrogens is 292 g/mol. The maximum absolute atomic E-state index is 12.0. The van der Waals surface area contributed by atoms with E-state index < -0.39 is 5.54 Å². The Kier molecular flexibility index (Phi) is 5.21. The second kappa shape index (κ2) is 6.91. The monoisotopic (exact) mass is 308 g/mol. The van der Waals surface area contributed by atoms with Gasteiger partial charge in [0.1, 0.15) is 11.3 Å². The Morgan fingerprint density at radius 1 is 1.65 bits per heavy atom. The van der Waals surface area contributed by atoms with Crippen molar-refractivity contribution in [3.63, 3.8) is 0 Å². The van der Waals surface area contributed by atoms with Gasteiger partial charge in [0, 0.05) is 10.6 Å². The van der Waals surface area contributed by atoms with Gasteiger partial charge in [0.25, 0.3) is 0 Å². The summed E-state index contributed by atoms with van der Waals surface area (Å²) in [4.78, 5) is 12.9. The molecular formula is C14H16N2O2S2. The van der Waals surface area contributed by atoms with E-state index in [4.69, 9.17) is 4.74 Å². The van der Waals surface area contributed by atoms with Gasteiger partial charge in [-0.15, -0.1) is 11.8 Å². The van der Waals surface area contributed by atoms with Crippen molar-refractivity contribution >= 4 is 29.4 Å². The molecule has 0 spiro atoms. The topological polar surface area (TPSA) is 62.1 Å². The van der Waals surface area contributed by atoms with E-state index in [1.807, 2.05) is 24.3 Å². The van der Waals surface area contributed by atoms with Crippen molar-refractivity contribution in [1.29, 1.82) is 5.26 Å². The molecule has 1 aromatic carbocycles. The number of nitrogens with zero attached hydrogens (tertiary/aromatic N) is 1. The molecule has 1 N–H and O–H groups in total. The molecule has 1 heterocycles. The summed E-state index contributed by atoms with van der Waals surface area (Å²) < 4.78 is 5.14. The fourth-order valence-corrected chi connectivity index (χ4v) is 3.93. The number of hydrogen-bond donors (Lipinski definition) is 1. The van der Waals surface area contributed by atoms with Crippen molar-refractivity contribution in [1.82, 2.24) is 5.32 Å². The molecule has 0 bridgehead atoms. The van der Waals surface area contributed by atoms with Crippen LogP contribution < -0.4 is 10.1 Å². The van der Waals surface area contributed by atoms with E-state index in [-0.39, 0.29) is 5.91 Å². The first-order chi connectivity index (χ1) is 9.67. The average Bonchev–Trinajstić information content (AvgIpc) is 2.94. The lowest BCUT2D eigenvalue weighted by molar-refractivity contribution is -0.119. The molecule has 106 valence electrons. The minimum atomic E-state index is -0.670. The minimum absolute atomic E-state index is 0.0955. The summed E-state index contributed by atoms with van der Waals surface area (Å²) in [5, 5.41) is 12.1. The van der Waals surface area contributed by atoms with Gasteiger partial charge in [-0.1, -0.05) is 6.07 Å². The number of nitriles is 1. The second-order valence-electron chi connectivity index (χ2n) is 4.51. The number of carbonyl (C=O) groups excluding carboxylic acids is 1. The van der Waals surface area contributed by atoms with Gasteiger partial charge in [0.2, 0.25) is 5.91 Å². The Labute approximate surface area is 127 Å². The lowest BCUT2D eigenvalue weighted by Gasteiger charge is -2.21. The van der Waals surface area contributed by atoms with E-state index in [1.165, 1.54) is 11.8 Å². The van der Waals surface area contributed by atoms with Crippen LogP contribution in [0, 0.1) is 11.3 Å². The third-order valence-corrected chi connectivity index (χ3v) is 5.21. The van der Waals surface area contributed by atoms with Gasteiger partial charge in [0.05, 0.1) is 18.9 Å². The number of benzene rings is 1. The zero-order chi connectivity index (χ0) is 14.4. The van der Waals surface area contributed by atoms with Gasteiger partial charge < -0.3 is 10.1 Å². The van der Waals surface area contributed by atoms with Crippen LogP contribution in [-0.2, 0) is 4.79 Å². The SMILES string of the molecule is COc1cccc(SCC(=O)NC2(C#N)CCSC2)c1. The molecule has 1 aliphatic heterocycles. The molecule has 1 atom stereocenters. The zero-order valence-corrected chi connectivity index (χ0v) is 12.9. The van der Waals surface area contributed by atoms with E-state index in [0.29, 0.717) is 11.5 Å². The highest BCUT2D eigenvalue weighted by molar-refractivity contribution is 8.00. The number of ether oxygens (including phenoxy) is 1. The molecule has 20 heavy (non-hydrogen) atoms. The van der Waals surface area contributed by atoms with Crippen LogP contribution in [0.3, 0.4) is 0 Å². The number of carbonyl (C=O) groups is 1. The second-order valence-corrected chi connectivity index (χ2v) is 6.67. The smallest absolute Gasteiger partial charge is 0.231 e. The number of amides is 1. The first-order valence-electron chi connectivity index (χ1n) is 6.24. The summed E-state index contributed by atoms with van der Waals surface area (Å²) in [5.41, 5.74) is -0.670. The fourth-order valence-electron chi connectivity index (χ4n) is 1.92.